The van der Waals surface area contributed by atoms with Gasteiger partial charge in [0.05, 0.1) is 10.4 Å². The lowest BCUT2D eigenvalue weighted by molar-refractivity contribution is -0.153. The van der Waals surface area contributed by atoms with Crippen LogP contribution in [0.15, 0.2) is 60.0 Å². The van der Waals surface area contributed by atoms with Crippen LogP contribution < -0.4 is 15.4 Å². The number of hydrogen-bond donors (Lipinski definition) is 2. The largest absolute Gasteiger partial charge is 0.483 e. The lowest BCUT2D eigenvalue weighted by Crippen LogP contribution is -2.19. The monoisotopic (exact) mass is 445 g/mol. The fraction of sp³-hybridized carbons (Fsp3) is 0.0952. The Labute approximate surface area is 178 Å². The summed E-state index contributed by atoms with van der Waals surface area (Å²) >= 11 is 1.28. The van der Waals surface area contributed by atoms with Crippen molar-refractivity contribution in [2.24, 2.45) is 0 Å². The van der Waals surface area contributed by atoms with Crippen molar-refractivity contribution in [3.63, 3.8) is 0 Å². The van der Waals surface area contributed by atoms with Gasteiger partial charge in [-0.15, -0.1) is 11.3 Å². The zero-order chi connectivity index (χ0) is 22.4. The number of carbonyl (C=O) groups is 2. The van der Waals surface area contributed by atoms with Gasteiger partial charge in [0.25, 0.3) is 11.8 Å². The summed E-state index contributed by atoms with van der Waals surface area (Å²) in [6.45, 7) is -1.53. The minimum absolute atomic E-state index is 0.154. The Hall–Kier alpha value is -3.84. The molecule has 0 unspecified atom stereocenters. The molecule has 2 N–H and O–H groups in total. The Balaban J connectivity index is 1.70. The number of carbonyl (C=O) groups excluding carboxylic acids is 2. The highest BCUT2D eigenvalue weighted by molar-refractivity contribution is 7.12. The Kier molecular flexibility index (Phi) is 6.57. The molecule has 1 aromatic heterocycles. The number of halogens is 3. The minimum Gasteiger partial charge on any atom is -0.483 e. The highest BCUT2D eigenvalue weighted by Gasteiger charge is 2.29. The van der Waals surface area contributed by atoms with Crippen LogP contribution in [0.4, 0.5) is 24.5 Å². The van der Waals surface area contributed by atoms with E-state index in [1.807, 2.05) is 0 Å². The molecule has 0 saturated heterocycles. The maximum absolute atomic E-state index is 12.5. The van der Waals surface area contributed by atoms with Crippen LogP contribution in [-0.4, -0.2) is 24.6 Å². The van der Waals surface area contributed by atoms with Crippen molar-refractivity contribution in [2.75, 3.05) is 17.2 Å². The zero-order valence-electron chi connectivity index (χ0n) is 15.7. The number of rotatable bonds is 6. The van der Waals surface area contributed by atoms with Gasteiger partial charge in [0, 0.05) is 16.9 Å². The predicted octanol–water partition coefficient (Wildman–Crippen LogP) is 5.07. The number of anilines is 2. The highest BCUT2D eigenvalue weighted by Crippen LogP contribution is 2.25. The molecule has 0 aliphatic heterocycles. The Morgan fingerprint density at radius 1 is 1.00 bits per heavy atom. The van der Waals surface area contributed by atoms with Crippen LogP contribution in [-0.2, 0) is 0 Å². The average molecular weight is 445 g/mol. The quantitative estimate of drug-likeness (QED) is 0.555. The Bertz CT molecular complexity index is 1140. The molecule has 0 radical (unpaired) electrons. The third-order valence-electron chi connectivity index (χ3n) is 3.88. The lowest BCUT2D eigenvalue weighted by Gasteiger charge is -2.12. The normalized spacial score (nSPS) is 10.8. The van der Waals surface area contributed by atoms with E-state index in [2.05, 4.69) is 15.4 Å². The van der Waals surface area contributed by atoms with E-state index in [9.17, 15) is 22.8 Å². The standard InChI is InChI=1S/C21H14F3N3O3S/c22-21(23,24)12-30-17-7-6-16(10-14(17)11-25)26-19(28)13-3-1-4-15(9-13)27-20(29)18-5-2-8-31-18/h1-10H,12H2,(H,26,28)(H,27,29). The highest BCUT2D eigenvalue weighted by atomic mass is 32.1. The molecule has 2 aromatic carbocycles. The van der Waals surface area contributed by atoms with Crippen molar-refractivity contribution in [3.05, 3.63) is 76.0 Å². The lowest BCUT2D eigenvalue weighted by atomic mass is 10.1. The van der Waals surface area contributed by atoms with Gasteiger partial charge in [-0.05, 0) is 47.8 Å². The second-order valence-corrected chi connectivity index (χ2v) is 7.14. The number of hydrogen-bond acceptors (Lipinski definition) is 5. The average Bonchev–Trinajstić information content (AvgIpc) is 3.27. The molecule has 6 nitrogen and oxygen atoms in total. The van der Waals surface area contributed by atoms with E-state index >= 15 is 0 Å². The molecular weight excluding hydrogens is 431 g/mol. The molecular formula is C21H14F3N3O3S. The van der Waals surface area contributed by atoms with Crippen LogP contribution in [0.3, 0.4) is 0 Å². The first kappa shape index (κ1) is 21.9. The van der Waals surface area contributed by atoms with Gasteiger partial charge in [0.1, 0.15) is 11.8 Å². The SMILES string of the molecule is N#Cc1cc(NC(=O)c2cccc(NC(=O)c3cccs3)c2)ccc1OCC(F)(F)F. The van der Waals surface area contributed by atoms with E-state index in [4.69, 9.17) is 5.26 Å². The van der Waals surface area contributed by atoms with Crippen molar-refractivity contribution in [1.29, 1.82) is 5.26 Å². The smallest absolute Gasteiger partial charge is 0.422 e. The van der Waals surface area contributed by atoms with E-state index < -0.39 is 18.7 Å². The molecule has 0 atom stereocenters. The third kappa shape index (κ3) is 6.07. The summed E-state index contributed by atoms with van der Waals surface area (Å²) in [5.74, 6) is -1.07. The molecule has 0 aliphatic rings. The molecule has 0 fully saturated rings. The molecule has 2 amide bonds. The summed E-state index contributed by atoms with van der Waals surface area (Å²) in [5.41, 5.74) is 0.701. The van der Waals surface area contributed by atoms with Crippen LogP contribution in [0.5, 0.6) is 5.75 Å². The maximum Gasteiger partial charge on any atom is 0.422 e. The van der Waals surface area contributed by atoms with Gasteiger partial charge < -0.3 is 15.4 Å². The molecule has 0 aliphatic carbocycles. The topological polar surface area (TPSA) is 91.2 Å². The van der Waals surface area contributed by atoms with E-state index in [-0.39, 0.29) is 28.5 Å². The molecule has 158 valence electrons. The van der Waals surface area contributed by atoms with Crippen LogP contribution in [0.2, 0.25) is 0 Å². The summed E-state index contributed by atoms with van der Waals surface area (Å²) in [4.78, 5) is 25.2. The van der Waals surface area contributed by atoms with Gasteiger partial charge in [-0.3, -0.25) is 9.59 Å². The van der Waals surface area contributed by atoms with E-state index in [0.717, 1.165) is 0 Å². The van der Waals surface area contributed by atoms with Crippen molar-refractivity contribution >= 4 is 34.5 Å². The number of thiophene rings is 1. The molecule has 0 saturated carbocycles. The van der Waals surface area contributed by atoms with Crippen LogP contribution in [0.25, 0.3) is 0 Å². The van der Waals surface area contributed by atoms with Crippen molar-refractivity contribution in [2.45, 2.75) is 6.18 Å². The van der Waals surface area contributed by atoms with E-state index in [1.165, 1.54) is 41.7 Å². The first-order valence-corrected chi connectivity index (χ1v) is 9.63. The zero-order valence-corrected chi connectivity index (χ0v) is 16.5. The number of ether oxygens (including phenoxy) is 1. The third-order valence-corrected chi connectivity index (χ3v) is 4.75. The van der Waals surface area contributed by atoms with Crippen LogP contribution >= 0.6 is 11.3 Å². The number of nitrogens with one attached hydrogen (secondary N) is 2. The minimum atomic E-state index is -4.54. The molecule has 0 spiro atoms. The molecule has 1 heterocycles. The van der Waals surface area contributed by atoms with Gasteiger partial charge in [-0.2, -0.15) is 18.4 Å². The summed E-state index contributed by atoms with van der Waals surface area (Å²) in [6.07, 6.45) is -4.54. The second kappa shape index (κ2) is 9.32. The summed E-state index contributed by atoms with van der Waals surface area (Å²) in [6, 6.07) is 15.1. The van der Waals surface area contributed by atoms with Crippen LogP contribution in [0.1, 0.15) is 25.6 Å². The maximum atomic E-state index is 12.5. The fourth-order valence-electron chi connectivity index (χ4n) is 2.52. The Morgan fingerprint density at radius 3 is 2.42 bits per heavy atom. The molecule has 10 heteroatoms. The van der Waals surface area contributed by atoms with Gasteiger partial charge >= 0.3 is 6.18 Å². The van der Waals surface area contributed by atoms with Gasteiger partial charge in [0.2, 0.25) is 0 Å². The summed E-state index contributed by atoms with van der Waals surface area (Å²) in [5, 5.41) is 16.2. The summed E-state index contributed by atoms with van der Waals surface area (Å²) < 4.78 is 41.6. The van der Waals surface area contributed by atoms with Crippen molar-refractivity contribution in [3.8, 4) is 11.8 Å². The first-order chi connectivity index (χ1) is 14.7. The fourth-order valence-corrected chi connectivity index (χ4v) is 3.14. The Morgan fingerprint density at radius 2 is 1.74 bits per heavy atom. The number of benzene rings is 2. The summed E-state index contributed by atoms with van der Waals surface area (Å²) in [7, 11) is 0. The van der Waals surface area contributed by atoms with Gasteiger partial charge in [0.15, 0.2) is 6.61 Å². The first-order valence-electron chi connectivity index (χ1n) is 8.75. The number of nitrogens with zero attached hydrogens (tertiary/aromatic N) is 1. The number of amides is 2. The molecule has 3 rings (SSSR count). The van der Waals surface area contributed by atoms with Gasteiger partial charge in [-0.1, -0.05) is 12.1 Å². The van der Waals surface area contributed by atoms with Crippen molar-refractivity contribution in [1.82, 2.24) is 0 Å². The molecule has 3 aromatic rings. The van der Waals surface area contributed by atoms with E-state index in [0.29, 0.717) is 10.6 Å². The van der Waals surface area contributed by atoms with Crippen molar-refractivity contribution < 1.29 is 27.5 Å². The van der Waals surface area contributed by atoms with E-state index in [1.54, 1.807) is 35.7 Å². The predicted molar refractivity (Wildman–Crippen MR) is 109 cm³/mol. The second-order valence-electron chi connectivity index (χ2n) is 6.19. The molecule has 0 bridgehead atoms. The number of alkyl halides is 3. The molecule has 31 heavy (non-hydrogen) atoms. The van der Waals surface area contributed by atoms with Gasteiger partial charge in [-0.25, -0.2) is 0 Å². The number of nitriles is 1. The van der Waals surface area contributed by atoms with Crippen LogP contribution in [0, 0.1) is 11.3 Å².